The highest BCUT2D eigenvalue weighted by atomic mass is 127. The van der Waals surface area contributed by atoms with Gasteiger partial charge in [0.1, 0.15) is 4.90 Å². The number of hydrogen-bond donors (Lipinski definition) is 1. The average Bonchev–Trinajstić information content (AvgIpc) is 2.85. The van der Waals surface area contributed by atoms with E-state index in [-0.39, 0.29) is 23.7 Å². The minimum Gasteiger partial charge on any atom is -0.379 e. The molecule has 0 amide bonds. The van der Waals surface area contributed by atoms with E-state index < -0.39 is 56.7 Å². The number of aromatic nitrogens is 2. The van der Waals surface area contributed by atoms with E-state index in [1.54, 1.807) is 19.1 Å². The minimum absolute atomic E-state index is 0.121. The Morgan fingerprint density at radius 2 is 1.74 bits per heavy atom. The molecule has 17 heteroatoms. The van der Waals surface area contributed by atoms with Crippen LogP contribution in [-0.2, 0) is 31.0 Å². The summed E-state index contributed by atoms with van der Waals surface area (Å²) in [4.78, 5) is 8.79. The van der Waals surface area contributed by atoms with Gasteiger partial charge in [0.2, 0.25) is 20.0 Å². The molecule has 1 fully saturated rings. The highest BCUT2D eigenvalue weighted by Gasteiger charge is 2.40. The number of sulfonamides is 2. The van der Waals surface area contributed by atoms with Crippen LogP contribution in [0.1, 0.15) is 11.3 Å². The van der Waals surface area contributed by atoms with E-state index in [4.69, 9.17) is 21.5 Å². The predicted molar refractivity (Wildman–Crippen MR) is 146 cm³/mol. The lowest BCUT2D eigenvalue weighted by molar-refractivity contribution is -0.137. The zero-order valence-corrected chi connectivity index (χ0v) is 25.2. The van der Waals surface area contributed by atoms with Gasteiger partial charge < -0.3 is 4.74 Å². The summed E-state index contributed by atoms with van der Waals surface area (Å²) in [6, 6.07) is 6.88. The first-order valence-corrected chi connectivity index (χ1v) is 16.2. The van der Waals surface area contributed by atoms with Gasteiger partial charge in [-0.25, -0.2) is 31.9 Å². The van der Waals surface area contributed by atoms with Crippen LogP contribution in [0.3, 0.4) is 0 Å². The molecule has 2 N–H and O–H groups in total. The quantitative estimate of drug-likeness (QED) is 0.365. The van der Waals surface area contributed by atoms with Gasteiger partial charge in [0.05, 0.1) is 44.8 Å². The molecule has 1 aliphatic rings. The predicted octanol–water partition coefficient (Wildman–Crippen LogP) is 4.55. The molecule has 1 aromatic heterocycles. The third-order valence-corrected chi connectivity index (χ3v) is 10.9. The Labute approximate surface area is 245 Å². The molecule has 2 heterocycles. The monoisotopic (exact) mass is 734 g/mol. The molecule has 0 spiro atoms. The summed E-state index contributed by atoms with van der Waals surface area (Å²) in [6.45, 7) is 2.72. The number of hydrogen-bond acceptors (Lipinski definition) is 8. The Bertz CT molecular complexity index is 1630. The molecule has 0 saturated carbocycles. The third-order valence-electron chi connectivity index (χ3n) is 5.59. The average molecular weight is 735 g/mol. The van der Waals surface area contributed by atoms with Crippen LogP contribution in [0.2, 0.25) is 5.02 Å². The minimum atomic E-state index is -4.89. The van der Waals surface area contributed by atoms with Crippen LogP contribution in [0.15, 0.2) is 56.1 Å². The van der Waals surface area contributed by atoms with Crippen molar-refractivity contribution in [3.05, 3.63) is 56.4 Å². The lowest BCUT2D eigenvalue weighted by atomic mass is 10.1. The molecular weight excluding hydrogens is 716 g/mol. The molecule has 3 aromatic rings. The van der Waals surface area contributed by atoms with Crippen LogP contribution in [-0.4, -0.2) is 57.4 Å². The van der Waals surface area contributed by atoms with Crippen molar-refractivity contribution < 1.29 is 34.7 Å². The van der Waals surface area contributed by atoms with E-state index in [1.807, 2.05) is 0 Å². The van der Waals surface area contributed by atoms with E-state index in [2.05, 4.69) is 9.97 Å². The van der Waals surface area contributed by atoms with E-state index in [9.17, 15) is 30.0 Å². The maximum atomic E-state index is 13.9. The summed E-state index contributed by atoms with van der Waals surface area (Å²) in [6.07, 6.45) is -3.60. The van der Waals surface area contributed by atoms with E-state index in [1.165, 1.54) is 57.0 Å². The zero-order valence-electron chi connectivity index (χ0n) is 19.9. The first-order valence-electron chi connectivity index (χ1n) is 10.9. The van der Waals surface area contributed by atoms with Crippen LogP contribution in [0.4, 0.5) is 13.2 Å². The number of rotatable bonds is 6. The summed E-state index contributed by atoms with van der Waals surface area (Å²) in [7, 11) is -8.12. The summed E-state index contributed by atoms with van der Waals surface area (Å²) in [5.74, 6) is -0.426. The normalized spacial score (nSPS) is 15.5. The molecule has 4 rings (SSSR count). The number of nitrogens with two attached hydrogens (primary N) is 1. The Balaban J connectivity index is 1.68. The lowest BCUT2D eigenvalue weighted by Crippen LogP contribution is -2.40. The van der Waals surface area contributed by atoms with Crippen LogP contribution < -0.4 is 5.14 Å². The van der Waals surface area contributed by atoms with E-state index in [0.29, 0.717) is 23.0 Å². The van der Waals surface area contributed by atoms with Crippen LogP contribution in [0, 0.1) is 10.5 Å². The molecule has 0 unspecified atom stereocenters. The Kier molecular flexibility index (Phi) is 8.88. The second-order valence-electron chi connectivity index (χ2n) is 8.20. The Morgan fingerprint density at radius 3 is 2.28 bits per heavy atom. The maximum absolute atomic E-state index is 13.9. The number of nitrogens with zero attached hydrogens (tertiary/aromatic N) is 3. The summed E-state index contributed by atoms with van der Waals surface area (Å²) < 4.78 is 97.6. The van der Waals surface area contributed by atoms with Crippen LogP contribution >= 0.6 is 46.0 Å². The maximum Gasteiger partial charge on any atom is 0.418 e. The number of morpholine rings is 1. The van der Waals surface area contributed by atoms with Crippen molar-refractivity contribution in [2.24, 2.45) is 5.14 Å². The zero-order chi connectivity index (χ0) is 28.8. The molecular formula is C22H19ClF3IN4O5S3. The van der Waals surface area contributed by atoms with Gasteiger partial charge in [-0.05, 0) is 59.8 Å². The molecule has 0 bridgehead atoms. The number of primary sulfonamides is 1. The van der Waals surface area contributed by atoms with Gasteiger partial charge in [-0.15, -0.1) is 0 Å². The van der Waals surface area contributed by atoms with Crippen molar-refractivity contribution in [1.82, 2.24) is 14.3 Å². The fourth-order valence-corrected chi connectivity index (χ4v) is 8.24. The first-order chi connectivity index (χ1) is 18.1. The van der Waals surface area contributed by atoms with Crippen LogP contribution in [0.5, 0.6) is 0 Å². The topological polar surface area (TPSA) is 133 Å². The molecule has 39 heavy (non-hydrogen) atoms. The second-order valence-corrected chi connectivity index (χ2v) is 14.3. The molecule has 210 valence electrons. The molecule has 0 aliphatic carbocycles. The van der Waals surface area contributed by atoms with Crippen LogP contribution in [0.25, 0.3) is 11.4 Å². The van der Waals surface area contributed by atoms with Gasteiger partial charge in [-0.3, -0.25) is 0 Å². The number of alkyl halides is 3. The first kappa shape index (κ1) is 30.4. The fraction of sp³-hybridized carbons (Fsp3) is 0.273. The molecule has 9 nitrogen and oxygen atoms in total. The van der Waals surface area contributed by atoms with Gasteiger partial charge >= 0.3 is 6.18 Å². The highest BCUT2D eigenvalue weighted by Crippen LogP contribution is 2.45. The number of benzene rings is 2. The van der Waals surface area contributed by atoms with Crippen molar-refractivity contribution in [3.8, 4) is 11.4 Å². The largest absolute Gasteiger partial charge is 0.418 e. The molecule has 2 aromatic carbocycles. The molecule has 0 radical (unpaired) electrons. The fourth-order valence-electron chi connectivity index (χ4n) is 3.72. The third kappa shape index (κ3) is 6.52. The number of aryl methyl sites for hydroxylation is 1. The Hall–Kier alpha value is -1.54. The van der Waals surface area contributed by atoms with Gasteiger partial charge in [0, 0.05) is 27.8 Å². The second kappa shape index (κ2) is 11.4. The van der Waals surface area contributed by atoms with E-state index >= 15 is 0 Å². The smallest absolute Gasteiger partial charge is 0.379 e. The van der Waals surface area contributed by atoms with Crippen molar-refractivity contribution >= 4 is 66.0 Å². The van der Waals surface area contributed by atoms with Gasteiger partial charge in [-0.2, -0.15) is 17.5 Å². The summed E-state index contributed by atoms with van der Waals surface area (Å²) in [5.41, 5.74) is -1.59. The highest BCUT2D eigenvalue weighted by molar-refractivity contribution is 14.1. The van der Waals surface area contributed by atoms with Crippen molar-refractivity contribution in [2.75, 3.05) is 26.3 Å². The van der Waals surface area contributed by atoms with Crippen molar-refractivity contribution in [1.29, 1.82) is 0 Å². The lowest BCUT2D eigenvalue weighted by Gasteiger charge is -2.26. The number of ether oxygens (including phenoxy) is 1. The van der Waals surface area contributed by atoms with Gasteiger partial charge in [0.15, 0.2) is 5.82 Å². The molecule has 1 saturated heterocycles. The standard InChI is InChI=1S/C22H19ClF3IN4O5S3/c1-12-16(37-13-2-4-14(5-3-13)39(34,35)31-6-8-36-9-7-31)11-29-21(30-12)18-19(22(24,25)26)15(27)10-17(20(18)23)38(28,32)33/h2-5,10-11H,6-9H2,1H3,(H2,28,32,33). The summed E-state index contributed by atoms with van der Waals surface area (Å²) >= 11 is 8.67. The van der Waals surface area contributed by atoms with Crippen molar-refractivity contribution in [3.63, 3.8) is 0 Å². The summed E-state index contributed by atoms with van der Waals surface area (Å²) in [5, 5.41) is 4.43. The molecule has 0 atom stereocenters. The van der Waals surface area contributed by atoms with Gasteiger partial charge in [0.25, 0.3) is 0 Å². The Morgan fingerprint density at radius 1 is 1.13 bits per heavy atom. The SMILES string of the molecule is Cc1nc(-c2c(Cl)c(S(N)(=O)=O)cc(I)c2C(F)(F)F)ncc1Sc1ccc(S(=O)(=O)N2CCOCC2)cc1. The van der Waals surface area contributed by atoms with Gasteiger partial charge in [-0.1, -0.05) is 23.4 Å². The van der Waals surface area contributed by atoms with Crippen molar-refractivity contribution in [2.45, 2.75) is 32.7 Å². The van der Waals surface area contributed by atoms with E-state index in [0.717, 1.165) is 6.07 Å². The number of halogens is 5. The molecule has 1 aliphatic heterocycles.